The molecule has 1 N–H and O–H groups in total. The van der Waals surface area contributed by atoms with E-state index in [1.807, 2.05) is 6.07 Å². The average molecular weight is 316 g/mol. The molecule has 1 atom stereocenters. The quantitative estimate of drug-likeness (QED) is 0.831. The summed E-state index contributed by atoms with van der Waals surface area (Å²) in [6.07, 6.45) is 2.39. The number of halogens is 1. The summed E-state index contributed by atoms with van der Waals surface area (Å²) in [4.78, 5) is 0. The molecule has 102 valence electrons. The van der Waals surface area contributed by atoms with Crippen molar-refractivity contribution in [3.05, 3.63) is 22.2 Å². The molecule has 0 radical (unpaired) electrons. The Bertz CT molecular complexity index is 382. The molecule has 0 amide bonds. The first kappa shape index (κ1) is 15.3. The van der Waals surface area contributed by atoms with Crippen LogP contribution < -0.4 is 14.8 Å². The molecule has 3 nitrogen and oxygen atoms in total. The number of rotatable bonds is 7. The summed E-state index contributed by atoms with van der Waals surface area (Å²) < 4.78 is 11.5. The largest absolute Gasteiger partial charge is 0.493 e. The standard InChI is InChI=1S/C14H22BrNO2/c1-5-6-10(2)16-9-11-7-12(15)14(18-4)13(8-11)17-3/h7-8,10,16H,5-6,9H2,1-4H3. The highest BCUT2D eigenvalue weighted by molar-refractivity contribution is 9.10. The van der Waals surface area contributed by atoms with Crippen LogP contribution in [0, 0.1) is 0 Å². The maximum atomic E-state index is 5.33. The second-order valence-corrected chi connectivity index (χ2v) is 5.24. The summed E-state index contributed by atoms with van der Waals surface area (Å²) >= 11 is 3.50. The minimum atomic E-state index is 0.530. The first-order valence-corrected chi connectivity index (χ1v) is 7.05. The van der Waals surface area contributed by atoms with Crippen LogP contribution in [0.3, 0.4) is 0 Å². The molecule has 0 spiro atoms. The van der Waals surface area contributed by atoms with Gasteiger partial charge in [-0.3, -0.25) is 0 Å². The average Bonchev–Trinajstić information content (AvgIpc) is 2.36. The highest BCUT2D eigenvalue weighted by Gasteiger charge is 2.10. The van der Waals surface area contributed by atoms with E-state index < -0.39 is 0 Å². The number of benzene rings is 1. The Morgan fingerprint density at radius 2 is 2.00 bits per heavy atom. The normalized spacial score (nSPS) is 12.3. The highest BCUT2D eigenvalue weighted by atomic mass is 79.9. The molecule has 0 heterocycles. The highest BCUT2D eigenvalue weighted by Crippen LogP contribution is 2.36. The van der Waals surface area contributed by atoms with Gasteiger partial charge in [-0.2, -0.15) is 0 Å². The monoisotopic (exact) mass is 315 g/mol. The Morgan fingerprint density at radius 3 is 2.56 bits per heavy atom. The minimum absolute atomic E-state index is 0.530. The second-order valence-electron chi connectivity index (χ2n) is 4.38. The first-order valence-electron chi connectivity index (χ1n) is 6.26. The number of hydrogen-bond acceptors (Lipinski definition) is 3. The molecule has 0 aliphatic carbocycles. The lowest BCUT2D eigenvalue weighted by Gasteiger charge is -2.15. The molecule has 0 saturated carbocycles. The smallest absolute Gasteiger partial charge is 0.174 e. The van der Waals surface area contributed by atoms with Crippen molar-refractivity contribution in [1.82, 2.24) is 5.32 Å². The third-order valence-electron chi connectivity index (χ3n) is 2.87. The second kappa shape index (κ2) is 7.64. The van der Waals surface area contributed by atoms with Gasteiger partial charge in [-0.1, -0.05) is 13.3 Å². The Hall–Kier alpha value is -0.740. The van der Waals surface area contributed by atoms with E-state index >= 15 is 0 Å². The molecular formula is C14H22BrNO2. The molecular weight excluding hydrogens is 294 g/mol. The SMILES string of the molecule is CCCC(C)NCc1cc(Br)c(OC)c(OC)c1. The molecule has 0 fully saturated rings. The molecule has 1 unspecified atom stereocenters. The van der Waals surface area contributed by atoms with E-state index in [-0.39, 0.29) is 0 Å². The lowest BCUT2D eigenvalue weighted by molar-refractivity contribution is 0.352. The van der Waals surface area contributed by atoms with E-state index in [9.17, 15) is 0 Å². The van der Waals surface area contributed by atoms with Crippen LogP contribution in [0.4, 0.5) is 0 Å². The van der Waals surface area contributed by atoms with Gasteiger partial charge >= 0.3 is 0 Å². The van der Waals surface area contributed by atoms with Gasteiger partial charge in [0.2, 0.25) is 0 Å². The molecule has 0 saturated heterocycles. The summed E-state index contributed by atoms with van der Waals surface area (Å²) in [7, 11) is 3.30. The summed E-state index contributed by atoms with van der Waals surface area (Å²) in [6, 6.07) is 4.60. The van der Waals surface area contributed by atoms with Gasteiger partial charge in [0.15, 0.2) is 11.5 Å². The Labute approximate surface area is 118 Å². The van der Waals surface area contributed by atoms with Crippen LogP contribution in [0.1, 0.15) is 32.3 Å². The van der Waals surface area contributed by atoms with Crippen molar-refractivity contribution in [2.24, 2.45) is 0 Å². The van der Waals surface area contributed by atoms with Crippen LogP contribution in [0.5, 0.6) is 11.5 Å². The minimum Gasteiger partial charge on any atom is -0.493 e. The number of hydrogen-bond donors (Lipinski definition) is 1. The van der Waals surface area contributed by atoms with Crippen molar-refractivity contribution < 1.29 is 9.47 Å². The molecule has 0 aromatic heterocycles. The van der Waals surface area contributed by atoms with Crippen molar-refractivity contribution in [3.63, 3.8) is 0 Å². The molecule has 0 aliphatic rings. The lowest BCUT2D eigenvalue weighted by atomic mass is 10.1. The molecule has 0 aliphatic heterocycles. The van der Waals surface area contributed by atoms with Gasteiger partial charge in [0.25, 0.3) is 0 Å². The van der Waals surface area contributed by atoms with Crippen molar-refractivity contribution in [2.45, 2.75) is 39.3 Å². The van der Waals surface area contributed by atoms with Crippen LogP contribution in [-0.2, 0) is 6.54 Å². The van der Waals surface area contributed by atoms with E-state index in [0.717, 1.165) is 22.5 Å². The van der Waals surface area contributed by atoms with Gasteiger partial charge in [0.05, 0.1) is 18.7 Å². The topological polar surface area (TPSA) is 30.5 Å². The van der Waals surface area contributed by atoms with Gasteiger partial charge in [-0.15, -0.1) is 0 Å². The van der Waals surface area contributed by atoms with E-state index in [1.54, 1.807) is 14.2 Å². The van der Waals surface area contributed by atoms with Crippen LogP contribution >= 0.6 is 15.9 Å². The summed E-state index contributed by atoms with van der Waals surface area (Å²) in [5, 5.41) is 3.50. The van der Waals surface area contributed by atoms with Crippen molar-refractivity contribution in [1.29, 1.82) is 0 Å². The molecule has 1 rings (SSSR count). The van der Waals surface area contributed by atoms with E-state index in [1.165, 1.54) is 18.4 Å². The van der Waals surface area contributed by atoms with Gasteiger partial charge in [-0.25, -0.2) is 0 Å². The van der Waals surface area contributed by atoms with Gasteiger partial charge in [0, 0.05) is 12.6 Å². The van der Waals surface area contributed by atoms with Crippen LogP contribution in [-0.4, -0.2) is 20.3 Å². The number of methoxy groups -OCH3 is 2. The predicted molar refractivity (Wildman–Crippen MR) is 78.5 cm³/mol. The van der Waals surface area contributed by atoms with Crippen LogP contribution in [0.2, 0.25) is 0 Å². The maximum absolute atomic E-state index is 5.33. The Balaban J connectivity index is 2.75. The van der Waals surface area contributed by atoms with E-state index in [0.29, 0.717) is 6.04 Å². The summed E-state index contributed by atoms with van der Waals surface area (Å²) in [6.45, 7) is 5.24. The zero-order valence-corrected chi connectivity index (χ0v) is 13.1. The van der Waals surface area contributed by atoms with Crippen molar-refractivity contribution in [3.8, 4) is 11.5 Å². The maximum Gasteiger partial charge on any atom is 0.174 e. The fourth-order valence-electron chi connectivity index (χ4n) is 1.90. The van der Waals surface area contributed by atoms with Crippen molar-refractivity contribution in [2.75, 3.05) is 14.2 Å². The molecule has 4 heteroatoms. The molecule has 1 aromatic rings. The zero-order chi connectivity index (χ0) is 13.5. The molecule has 0 bridgehead atoms. The third-order valence-corrected chi connectivity index (χ3v) is 3.46. The number of ether oxygens (including phenoxy) is 2. The van der Waals surface area contributed by atoms with Crippen molar-refractivity contribution >= 4 is 15.9 Å². The lowest BCUT2D eigenvalue weighted by Crippen LogP contribution is -2.25. The van der Waals surface area contributed by atoms with Gasteiger partial charge in [0.1, 0.15) is 0 Å². The van der Waals surface area contributed by atoms with Gasteiger partial charge in [-0.05, 0) is 47.0 Å². The zero-order valence-electron chi connectivity index (χ0n) is 11.5. The molecule has 18 heavy (non-hydrogen) atoms. The fourth-order valence-corrected chi connectivity index (χ4v) is 2.55. The summed E-state index contributed by atoms with van der Waals surface area (Å²) in [5.74, 6) is 1.50. The van der Waals surface area contributed by atoms with Crippen LogP contribution in [0.25, 0.3) is 0 Å². The Kier molecular flexibility index (Phi) is 6.50. The first-order chi connectivity index (χ1) is 8.62. The van der Waals surface area contributed by atoms with Gasteiger partial charge < -0.3 is 14.8 Å². The number of nitrogens with one attached hydrogen (secondary N) is 1. The van der Waals surface area contributed by atoms with Crippen LogP contribution in [0.15, 0.2) is 16.6 Å². The molecule has 1 aromatic carbocycles. The fraction of sp³-hybridized carbons (Fsp3) is 0.571. The predicted octanol–water partition coefficient (Wildman–Crippen LogP) is 3.74. The van der Waals surface area contributed by atoms with E-state index in [4.69, 9.17) is 9.47 Å². The summed E-state index contributed by atoms with van der Waals surface area (Å²) in [5.41, 5.74) is 1.18. The third kappa shape index (κ3) is 4.18. The van der Waals surface area contributed by atoms with E-state index in [2.05, 4.69) is 41.2 Å². The Morgan fingerprint density at radius 1 is 1.28 bits per heavy atom.